The van der Waals surface area contributed by atoms with Crippen LogP contribution in [0, 0.1) is 5.92 Å². The fourth-order valence-electron chi connectivity index (χ4n) is 4.16. The molecule has 0 radical (unpaired) electrons. The second-order valence-electron chi connectivity index (χ2n) is 10.2. The summed E-state index contributed by atoms with van der Waals surface area (Å²) in [5.41, 5.74) is -0.465. The van der Waals surface area contributed by atoms with Crippen LogP contribution in [0.4, 0.5) is 4.79 Å². The first-order valence-electron chi connectivity index (χ1n) is 10.8. The number of hydrogen-bond acceptors (Lipinski definition) is 3. The molecule has 1 aliphatic rings. The van der Waals surface area contributed by atoms with Gasteiger partial charge in [-0.15, -0.1) is 0 Å². The van der Waals surface area contributed by atoms with Crippen molar-refractivity contribution in [2.75, 3.05) is 19.7 Å². The molecule has 0 N–H and O–H groups in total. The third kappa shape index (κ3) is 4.78. The maximum atomic E-state index is 12.3. The molecule has 1 amide bonds. The van der Waals surface area contributed by atoms with Crippen LogP contribution >= 0.6 is 0 Å². The van der Waals surface area contributed by atoms with E-state index in [0.29, 0.717) is 25.6 Å². The van der Waals surface area contributed by atoms with Gasteiger partial charge in [0.1, 0.15) is 5.60 Å². The number of amides is 1. The van der Waals surface area contributed by atoms with Crippen molar-refractivity contribution >= 4 is 24.8 Å². The molecule has 1 aliphatic heterocycles. The Morgan fingerprint density at radius 2 is 1.37 bits per heavy atom. The Balaban J connectivity index is 1.79. The molecule has 2 aromatic carbocycles. The lowest BCUT2D eigenvalue weighted by Crippen LogP contribution is -2.67. The Bertz CT molecular complexity index is 795. The van der Waals surface area contributed by atoms with Crippen LogP contribution in [-0.4, -0.2) is 44.6 Å². The maximum absolute atomic E-state index is 12.3. The standard InChI is InChI=1S/C25H35NO3Si/c1-24(2,3)29-23(27)26-17-20(18-26)19-28-30(25(4,5)6,21-13-9-7-10-14-21)22-15-11-8-12-16-22/h7-16,20H,17-19H2,1-6H3. The SMILES string of the molecule is CC(C)(C)OC(=O)N1CC(CO[Si](c2ccccc2)(c2ccccc2)C(C)(C)C)C1. The molecule has 5 heteroatoms. The van der Waals surface area contributed by atoms with Crippen LogP contribution in [0.15, 0.2) is 60.7 Å². The van der Waals surface area contributed by atoms with Gasteiger partial charge >= 0.3 is 6.09 Å². The smallest absolute Gasteiger partial charge is 0.410 e. The summed E-state index contributed by atoms with van der Waals surface area (Å²) in [5, 5.41) is 2.53. The monoisotopic (exact) mass is 425 g/mol. The number of likely N-dealkylation sites (tertiary alicyclic amines) is 1. The van der Waals surface area contributed by atoms with Crippen molar-refractivity contribution in [2.24, 2.45) is 5.92 Å². The van der Waals surface area contributed by atoms with Crippen molar-refractivity contribution < 1.29 is 14.0 Å². The van der Waals surface area contributed by atoms with E-state index in [2.05, 4.69) is 81.4 Å². The minimum atomic E-state index is -2.52. The van der Waals surface area contributed by atoms with Crippen molar-refractivity contribution in [3.05, 3.63) is 60.7 Å². The van der Waals surface area contributed by atoms with E-state index in [9.17, 15) is 4.79 Å². The number of nitrogens with zero attached hydrogens (tertiary/aromatic N) is 1. The first-order valence-corrected chi connectivity index (χ1v) is 12.7. The Morgan fingerprint density at radius 3 is 1.77 bits per heavy atom. The second kappa shape index (κ2) is 8.56. The van der Waals surface area contributed by atoms with Crippen molar-refractivity contribution in [1.82, 2.24) is 4.90 Å². The highest BCUT2D eigenvalue weighted by Gasteiger charge is 2.51. The van der Waals surface area contributed by atoms with Crippen molar-refractivity contribution in [1.29, 1.82) is 0 Å². The Hall–Kier alpha value is -2.11. The summed E-state index contributed by atoms with van der Waals surface area (Å²) in [6.45, 7) is 14.6. The van der Waals surface area contributed by atoms with E-state index in [-0.39, 0.29) is 11.1 Å². The lowest BCUT2D eigenvalue weighted by molar-refractivity contribution is -0.00849. The highest BCUT2D eigenvalue weighted by atomic mass is 28.4. The molecule has 30 heavy (non-hydrogen) atoms. The van der Waals surface area contributed by atoms with Crippen LogP contribution < -0.4 is 10.4 Å². The number of hydrogen-bond donors (Lipinski definition) is 0. The van der Waals surface area contributed by atoms with Gasteiger partial charge in [-0.3, -0.25) is 0 Å². The first-order chi connectivity index (χ1) is 14.0. The zero-order chi connectivity index (χ0) is 22.0. The van der Waals surface area contributed by atoms with Crippen LogP contribution in [0.2, 0.25) is 5.04 Å². The maximum Gasteiger partial charge on any atom is 0.410 e. The third-order valence-electron chi connectivity index (χ3n) is 5.56. The lowest BCUT2D eigenvalue weighted by Gasteiger charge is -2.46. The molecule has 0 saturated carbocycles. The quantitative estimate of drug-likeness (QED) is 0.665. The van der Waals surface area contributed by atoms with Crippen molar-refractivity contribution in [2.45, 2.75) is 52.2 Å². The van der Waals surface area contributed by atoms with Crippen molar-refractivity contribution in [3.63, 3.8) is 0 Å². The first kappa shape index (κ1) is 22.6. The molecule has 2 aromatic rings. The van der Waals surface area contributed by atoms with Gasteiger partial charge in [-0.25, -0.2) is 4.79 Å². The summed E-state index contributed by atoms with van der Waals surface area (Å²) in [7, 11) is -2.52. The summed E-state index contributed by atoms with van der Waals surface area (Å²) in [5.74, 6) is 0.333. The summed E-state index contributed by atoms with van der Waals surface area (Å²) in [6, 6.07) is 21.3. The molecular weight excluding hydrogens is 390 g/mol. The minimum Gasteiger partial charge on any atom is -0.444 e. The van der Waals surface area contributed by atoms with Gasteiger partial charge in [0, 0.05) is 25.6 Å². The van der Waals surface area contributed by atoms with Crippen LogP contribution in [0.1, 0.15) is 41.5 Å². The second-order valence-corrected chi connectivity index (χ2v) is 14.5. The van der Waals surface area contributed by atoms with Gasteiger partial charge in [0.05, 0.1) is 0 Å². The zero-order valence-electron chi connectivity index (χ0n) is 19.1. The van der Waals surface area contributed by atoms with E-state index in [1.165, 1.54) is 10.4 Å². The molecule has 162 valence electrons. The molecular formula is C25H35NO3Si. The van der Waals surface area contributed by atoms with Gasteiger partial charge in [0.2, 0.25) is 0 Å². The highest BCUT2D eigenvalue weighted by Crippen LogP contribution is 2.37. The van der Waals surface area contributed by atoms with Gasteiger partial charge in [-0.05, 0) is 36.2 Å². The van der Waals surface area contributed by atoms with E-state index >= 15 is 0 Å². The molecule has 0 unspecified atom stereocenters. The summed E-state index contributed by atoms with van der Waals surface area (Å²) < 4.78 is 12.4. The minimum absolute atomic E-state index is 0.0374. The van der Waals surface area contributed by atoms with E-state index in [0.717, 1.165) is 0 Å². The van der Waals surface area contributed by atoms with Crippen molar-refractivity contribution in [3.8, 4) is 0 Å². The van der Waals surface area contributed by atoms with Gasteiger partial charge in [0.25, 0.3) is 8.32 Å². The predicted octanol–water partition coefficient (Wildman–Crippen LogP) is 4.43. The molecule has 0 atom stereocenters. The number of rotatable bonds is 5. The molecule has 0 spiro atoms. The normalized spacial score (nSPS) is 15.6. The third-order valence-corrected chi connectivity index (χ3v) is 10.6. The van der Waals surface area contributed by atoms with Crippen LogP contribution in [0.5, 0.6) is 0 Å². The molecule has 1 saturated heterocycles. The van der Waals surface area contributed by atoms with Gasteiger partial charge in [-0.1, -0.05) is 81.4 Å². The van der Waals surface area contributed by atoms with Gasteiger partial charge in [-0.2, -0.15) is 0 Å². The average Bonchev–Trinajstić information content (AvgIpc) is 2.62. The fourth-order valence-corrected chi connectivity index (χ4v) is 8.80. The molecule has 0 aliphatic carbocycles. The van der Waals surface area contributed by atoms with E-state index < -0.39 is 13.9 Å². The van der Waals surface area contributed by atoms with Crippen LogP contribution in [0.3, 0.4) is 0 Å². The molecule has 0 bridgehead atoms. The Kier molecular flexibility index (Phi) is 6.44. The van der Waals surface area contributed by atoms with E-state index in [1.807, 2.05) is 20.8 Å². The zero-order valence-corrected chi connectivity index (χ0v) is 20.1. The summed E-state index contributed by atoms with van der Waals surface area (Å²) >= 11 is 0. The fraction of sp³-hybridized carbons (Fsp3) is 0.480. The number of carbonyl (C=O) groups is 1. The summed E-state index contributed by atoms with van der Waals surface area (Å²) in [6.07, 6.45) is -0.232. The number of ether oxygens (including phenoxy) is 1. The van der Waals surface area contributed by atoms with E-state index in [4.69, 9.17) is 9.16 Å². The Morgan fingerprint density at radius 1 is 0.900 bits per heavy atom. The highest BCUT2D eigenvalue weighted by molar-refractivity contribution is 6.99. The Labute approximate surface area is 182 Å². The van der Waals surface area contributed by atoms with Gasteiger partial charge < -0.3 is 14.1 Å². The largest absolute Gasteiger partial charge is 0.444 e. The summed E-state index contributed by atoms with van der Waals surface area (Å²) in [4.78, 5) is 14.0. The predicted molar refractivity (Wildman–Crippen MR) is 125 cm³/mol. The van der Waals surface area contributed by atoms with Crippen LogP contribution in [0.25, 0.3) is 0 Å². The van der Waals surface area contributed by atoms with E-state index in [1.54, 1.807) is 4.90 Å². The topological polar surface area (TPSA) is 38.8 Å². The molecule has 1 heterocycles. The lowest BCUT2D eigenvalue weighted by atomic mass is 10.0. The molecule has 4 nitrogen and oxygen atoms in total. The number of benzene rings is 2. The molecule has 0 aromatic heterocycles. The average molecular weight is 426 g/mol. The van der Waals surface area contributed by atoms with Crippen LogP contribution in [-0.2, 0) is 9.16 Å². The number of carbonyl (C=O) groups excluding carboxylic acids is 1. The molecule has 1 fully saturated rings. The van der Waals surface area contributed by atoms with Gasteiger partial charge in [0.15, 0.2) is 0 Å². The molecule has 3 rings (SSSR count).